The molecule has 1 aromatic carbocycles. The lowest BCUT2D eigenvalue weighted by molar-refractivity contribution is 0.165. The Morgan fingerprint density at radius 2 is 1.88 bits per heavy atom. The average molecular weight is 220 g/mol. The molecule has 1 aliphatic rings. The third-order valence-corrected chi connectivity index (χ3v) is 3.02. The molecule has 2 atom stereocenters. The monoisotopic (exact) mass is 220 g/mol. The number of para-hydroxylation sites is 1. The smallest absolute Gasteiger partial charge is 0.120 e. The highest BCUT2D eigenvalue weighted by Gasteiger charge is 2.21. The van der Waals surface area contributed by atoms with Crippen LogP contribution in [0.2, 0.25) is 0 Å². The van der Waals surface area contributed by atoms with Crippen LogP contribution in [0.4, 0.5) is 0 Å². The summed E-state index contributed by atoms with van der Waals surface area (Å²) in [6.07, 6.45) is 0. The molecule has 1 fully saturated rings. The lowest BCUT2D eigenvalue weighted by Crippen LogP contribution is -2.53. The fraction of sp³-hybridized carbons (Fsp3) is 0.538. The summed E-state index contributed by atoms with van der Waals surface area (Å²) in [5.41, 5.74) is 1.02. The highest BCUT2D eigenvalue weighted by molar-refractivity contribution is 5.31. The lowest BCUT2D eigenvalue weighted by atomic mass is 10.1. The Morgan fingerprint density at radius 1 is 1.25 bits per heavy atom. The van der Waals surface area contributed by atoms with E-state index in [-0.39, 0.29) is 0 Å². The second-order valence-electron chi connectivity index (χ2n) is 4.79. The summed E-state index contributed by atoms with van der Waals surface area (Å²) in [6.45, 7) is 7.32. The van der Waals surface area contributed by atoms with Gasteiger partial charge in [-0.15, -0.1) is 0 Å². The number of piperazine rings is 1. The summed E-state index contributed by atoms with van der Waals surface area (Å²) in [5, 5.41) is 13.2. The van der Waals surface area contributed by atoms with Crippen LogP contribution >= 0.6 is 0 Å². The quantitative estimate of drug-likeness (QED) is 0.794. The summed E-state index contributed by atoms with van der Waals surface area (Å²) < 4.78 is 0. The molecule has 0 aliphatic carbocycles. The first-order valence-electron chi connectivity index (χ1n) is 5.90. The normalized spacial score (nSPS) is 26.9. The number of benzene rings is 1. The minimum absolute atomic E-state index is 0.404. The van der Waals surface area contributed by atoms with Crippen LogP contribution in [0, 0.1) is 0 Å². The predicted molar refractivity (Wildman–Crippen MR) is 65.4 cm³/mol. The topological polar surface area (TPSA) is 35.5 Å². The molecule has 3 heteroatoms. The molecule has 1 heterocycles. The van der Waals surface area contributed by atoms with E-state index in [1.54, 1.807) is 6.07 Å². The van der Waals surface area contributed by atoms with Gasteiger partial charge in [0.2, 0.25) is 0 Å². The van der Waals surface area contributed by atoms with Gasteiger partial charge < -0.3 is 10.4 Å². The van der Waals surface area contributed by atoms with Gasteiger partial charge in [0.25, 0.3) is 0 Å². The second-order valence-corrected chi connectivity index (χ2v) is 4.79. The van der Waals surface area contributed by atoms with Crippen LogP contribution in [0.1, 0.15) is 19.4 Å². The molecular formula is C13H20N2O. The molecular weight excluding hydrogens is 200 g/mol. The maximum absolute atomic E-state index is 9.73. The van der Waals surface area contributed by atoms with E-state index in [4.69, 9.17) is 0 Å². The molecule has 0 radical (unpaired) electrons. The fourth-order valence-corrected chi connectivity index (χ4v) is 2.45. The molecule has 3 nitrogen and oxygen atoms in total. The number of nitrogens with one attached hydrogen (secondary N) is 1. The van der Waals surface area contributed by atoms with Gasteiger partial charge in [0, 0.05) is 37.3 Å². The molecule has 88 valence electrons. The summed E-state index contributed by atoms with van der Waals surface area (Å²) in [4.78, 5) is 2.39. The number of hydrogen-bond donors (Lipinski definition) is 2. The largest absolute Gasteiger partial charge is 0.508 e. The van der Waals surface area contributed by atoms with Gasteiger partial charge in [0.1, 0.15) is 5.75 Å². The summed E-state index contributed by atoms with van der Waals surface area (Å²) in [7, 11) is 0. The van der Waals surface area contributed by atoms with E-state index in [0.29, 0.717) is 17.8 Å². The Kier molecular flexibility index (Phi) is 3.46. The molecule has 1 aliphatic heterocycles. The molecule has 1 saturated heterocycles. The van der Waals surface area contributed by atoms with Crippen molar-refractivity contribution < 1.29 is 5.11 Å². The third-order valence-electron chi connectivity index (χ3n) is 3.02. The van der Waals surface area contributed by atoms with E-state index in [1.165, 1.54) is 0 Å². The van der Waals surface area contributed by atoms with Crippen molar-refractivity contribution in [3.63, 3.8) is 0 Å². The molecule has 2 rings (SSSR count). The molecule has 2 N–H and O–H groups in total. The Balaban J connectivity index is 2.02. The van der Waals surface area contributed by atoms with Gasteiger partial charge in [0.15, 0.2) is 0 Å². The van der Waals surface area contributed by atoms with E-state index in [0.717, 1.165) is 25.2 Å². The zero-order valence-corrected chi connectivity index (χ0v) is 9.98. The Bertz CT molecular complexity index is 344. The van der Waals surface area contributed by atoms with E-state index in [2.05, 4.69) is 24.1 Å². The molecule has 16 heavy (non-hydrogen) atoms. The number of hydrogen-bond acceptors (Lipinski definition) is 3. The maximum atomic E-state index is 9.73. The molecule has 0 unspecified atom stereocenters. The van der Waals surface area contributed by atoms with Gasteiger partial charge in [-0.3, -0.25) is 4.90 Å². The molecule has 0 aromatic heterocycles. The third kappa shape index (κ3) is 2.74. The number of phenols is 1. The molecule has 0 spiro atoms. The van der Waals surface area contributed by atoms with Crippen LogP contribution in [-0.4, -0.2) is 35.2 Å². The number of phenolic OH excluding ortho intramolecular Hbond substituents is 1. The predicted octanol–water partition coefficient (Wildman–Crippen LogP) is 1.57. The summed E-state index contributed by atoms with van der Waals surface area (Å²) >= 11 is 0. The summed E-state index contributed by atoms with van der Waals surface area (Å²) in [6, 6.07) is 8.63. The molecule has 0 bridgehead atoms. The van der Waals surface area contributed by atoms with Crippen molar-refractivity contribution in [2.75, 3.05) is 13.1 Å². The number of aromatic hydroxyl groups is 1. The highest BCUT2D eigenvalue weighted by atomic mass is 16.3. The van der Waals surface area contributed by atoms with Crippen LogP contribution < -0.4 is 5.32 Å². The Labute approximate surface area is 97.1 Å². The van der Waals surface area contributed by atoms with Gasteiger partial charge >= 0.3 is 0 Å². The van der Waals surface area contributed by atoms with E-state index >= 15 is 0 Å². The van der Waals surface area contributed by atoms with E-state index in [9.17, 15) is 5.11 Å². The van der Waals surface area contributed by atoms with Crippen LogP contribution in [-0.2, 0) is 6.54 Å². The average Bonchev–Trinajstić information content (AvgIpc) is 2.20. The van der Waals surface area contributed by atoms with E-state index < -0.39 is 0 Å². The molecule has 0 amide bonds. The SMILES string of the molecule is C[C@@H]1CN(Cc2ccccc2O)C[C@H](C)N1. The fourth-order valence-electron chi connectivity index (χ4n) is 2.45. The molecule has 0 saturated carbocycles. The first-order valence-corrected chi connectivity index (χ1v) is 5.90. The second kappa shape index (κ2) is 4.85. The van der Waals surface area contributed by atoms with Crippen LogP contribution in [0.25, 0.3) is 0 Å². The van der Waals surface area contributed by atoms with Crippen molar-refractivity contribution in [2.24, 2.45) is 0 Å². The lowest BCUT2D eigenvalue weighted by Gasteiger charge is -2.36. The van der Waals surface area contributed by atoms with Gasteiger partial charge in [-0.05, 0) is 19.9 Å². The first-order chi connectivity index (χ1) is 7.65. The number of nitrogens with zero attached hydrogens (tertiary/aromatic N) is 1. The van der Waals surface area contributed by atoms with Crippen LogP contribution in [0.5, 0.6) is 5.75 Å². The van der Waals surface area contributed by atoms with Gasteiger partial charge in [0.05, 0.1) is 0 Å². The van der Waals surface area contributed by atoms with Crippen molar-refractivity contribution in [2.45, 2.75) is 32.5 Å². The van der Waals surface area contributed by atoms with Crippen molar-refractivity contribution in [3.05, 3.63) is 29.8 Å². The Morgan fingerprint density at radius 3 is 2.50 bits per heavy atom. The minimum Gasteiger partial charge on any atom is -0.508 e. The number of rotatable bonds is 2. The van der Waals surface area contributed by atoms with Gasteiger partial charge in [-0.1, -0.05) is 18.2 Å². The van der Waals surface area contributed by atoms with Crippen molar-refractivity contribution >= 4 is 0 Å². The standard InChI is InChI=1S/C13H20N2O/c1-10-7-15(8-11(2)14-10)9-12-5-3-4-6-13(12)16/h3-6,10-11,14,16H,7-9H2,1-2H3/t10-,11+. The van der Waals surface area contributed by atoms with Gasteiger partial charge in [-0.25, -0.2) is 0 Å². The Hall–Kier alpha value is -1.06. The van der Waals surface area contributed by atoms with Crippen molar-refractivity contribution in [1.82, 2.24) is 10.2 Å². The zero-order chi connectivity index (χ0) is 11.5. The highest BCUT2D eigenvalue weighted by Crippen LogP contribution is 2.18. The van der Waals surface area contributed by atoms with Crippen molar-refractivity contribution in [1.29, 1.82) is 0 Å². The van der Waals surface area contributed by atoms with Crippen molar-refractivity contribution in [3.8, 4) is 5.75 Å². The minimum atomic E-state index is 0.404. The summed E-state index contributed by atoms with van der Waals surface area (Å²) in [5.74, 6) is 0.404. The maximum Gasteiger partial charge on any atom is 0.120 e. The zero-order valence-electron chi connectivity index (χ0n) is 9.98. The van der Waals surface area contributed by atoms with Crippen LogP contribution in [0.15, 0.2) is 24.3 Å². The van der Waals surface area contributed by atoms with E-state index in [1.807, 2.05) is 18.2 Å². The first kappa shape index (κ1) is 11.4. The molecule has 1 aromatic rings. The van der Waals surface area contributed by atoms with Gasteiger partial charge in [-0.2, -0.15) is 0 Å². The van der Waals surface area contributed by atoms with Crippen LogP contribution in [0.3, 0.4) is 0 Å².